The molecule has 0 aliphatic carbocycles. The quantitative estimate of drug-likeness (QED) is 0.858. The number of rotatable bonds is 4. The van der Waals surface area contributed by atoms with Gasteiger partial charge in [0.15, 0.2) is 14.2 Å². The fourth-order valence-electron chi connectivity index (χ4n) is 1.28. The van der Waals surface area contributed by atoms with E-state index in [-0.39, 0.29) is 5.09 Å². The van der Waals surface area contributed by atoms with Crippen LogP contribution in [-0.4, -0.2) is 19.3 Å². The minimum atomic E-state index is 0. The van der Waals surface area contributed by atoms with Gasteiger partial charge in [0.05, 0.1) is 0 Å². The van der Waals surface area contributed by atoms with E-state index in [1.54, 1.807) is 0 Å². The zero-order valence-electron chi connectivity index (χ0n) is 10.9. The molecule has 0 fully saturated rings. The smallest absolute Gasteiger partial charge is 0.356 e. The average Bonchev–Trinajstić information content (AvgIpc) is 2.49. The van der Waals surface area contributed by atoms with Gasteiger partial charge in [-0.25, -0.2) is 0 Å². The lowest BCUT2D eigenvalue weighted by atomic mass is 10.3. The fourth-order valence-corrected chi connectivity index (χ4v) is 1.28. The summed E-state index contributed by atoms with van der Waals surface area (Å²) in [6, 6.07) is 20.3. The van der Waals surface area contributed by atoms with Crippen LogP contribution in [0.25, 0.3) is 0 Å². The van der Waals surface area contributed by atoms with E-state index in [0.29, 0.717) is 0 Å². The first kappa shape index (κ1) is 14.5. The second kappa shape index (κ2) is 8.52. The zero-order chi connectivity index (χ0) is 13.9. The monoisotopic (exact) mass is 261 g/mol. The van der Waals surface area contributed by atoms with Gasteiger partial charge < -0.3 is 5.32 Å². The summed E-state index contributed by atoms with van der Waals surface area (Å²) in [5.41, 5.74) is 2.24. The van der Waals surface area contributed by atoms with Crippen LogP contribution in [0.2, 0.25) is 0 Å². The molecule has 0 aromatic heterocycles. The molecule has 0 spiro atoms. The van der Waals surface area contributed by atoms with E-state index >= 15 is 0 Å². The molecule has 2 aromatic rings. The highest BCUT2D eigenvalue weighted by Crippen LogP contribution is 2.14. The molecule has 0 amide bonds. The van der Waals surface area contributed by atoms with E-state index in [9.17, 15) is 4.91 Å². The number of hydrogen-bond acceptors (Lipinski definition) is 4. The molecule has 5 heteroatoms. The van der Waals surface area contributed by atoms with Crippen LogP contribution >= 0.6 is 0 Å². The summed E-state index contributed by atoms with van der Waals surface area (Å²) in [7, 11) is 2.44. The Hall–Kier alpha value is -2.56. The Balaban J connectivity index is 0.000000258. The summed E-state index contributed by atoms with van der Waals surface area (Å²) in [6.07, 6.45) is 0. The maximum atomic E-state index is 9.65. The maximum Gasteiger partial charge on any atom is 0.476 e. The van der Waals surface area contributed by atoms with Gasteiger partial charge in [0.2, 0.25) is 0 Å². The Labute approximate surface area is 112 Å². The lowest BCUT2D eigenvalue weighted by Gasteiger charge is -2.04. The molecular weight excluding hydrogens is 244 g/mol. The van der Waals surface area contributed by atoms with E-state index in [4.69, 9.17) is 0 Å². The van der Waals surface area contributed by atoms with Crippen LogP contribution in [-0.2, 0) is 9.68 Å². The number of nitrogens with zero attached hydrogens (tertiary/aromatic N) is 1. The van der Waals surface area contributed by atoms with Gasteiger partial charge in [-0.05, 0) is 24.3 Å². The van der Waals surface area contributed by atoms with Crippen molar-refractivity contribution in [3.8, 4) is 0 Å². The average molecular weight is 261 g/mol. The number of benzene rings is 2. The molecule has 2 aromatic carbocycles. The number of anilines is 2. The van der Waals surface area contributed by atoms with E-state index in [2.05, 4.69) is 15.0 Å². The molecule has 0 saturated carbocycles. The molecule has 5 nitrogen and oxygen atoms in total. The third-order valence-corrected chi connectivity index (χ3v) is 2.13. The van der Waals surface area contributed by atoms with Gasteiger partial charge in [0, 0.05) is 11.4 Å². The molecular formula is C14H17N2O3+. The first-order valence-electron chi connectivity index (χ1n) is 5.69. The molecule has 0 bridgehead atoms. The van der Waals surface area contributed by atoms with E-state index in [1.165, 1.54) is 14.2 Å². The highest BCUT2D eigenvalue weighted by Gasteiger charge is 1.98. The third-order valence-electron chi connectivity index (χ3n) is 2.13. The van der Waals surface area contributed by atoms with Crippen molar-refractivity contribution in [2.45, 2.75) is 0 Å². The van der Waals surface area contributed by atoms with Crippen molar-refractivity contribution in [2.75, 3.05) is 19.5 Å². The number of nitrogens with one attached hydrogen (secondary N) is 1. The maximum absolute atomic E-state index is 9.65. The Morgan fingerprint density at radius 1 is 0.789 bits per heavy atom. The van der Waals surface area contributed by atoms with Crippen LogP contribution in [0.3, 0.4) is 0 Å². The molecule has 2 rings (SSSR count). The molecule has 0 aliphatic heterocycles. The van der Waals surface area contributed by atoms with Crippen molar-refractivity contribution in [1.29, 1.82) is 0 Å². The summed E-state index contributed by atoms with van der Waals surface area (Å²) < 4.78 is 0. The van der Waals surface area contributed by atoms with Crippen LogP contribution in [0.4, 0.5) is 11.4 Å². The Morgan fingerprint density at radius 3 is 1.42 bits per heavy atom. The number of para-hydroxylation sites is 2. The van der Waals surface area contributed by atoms with Gasteiger partial charge in [0.25, 0.3) is 0 Å². The number of hydrogen-bond donors (Lipinski definition) is 1. The van der Waals surface area contributed by atoms with Crippen molar-refractivity contribution in [3.05, 3.63) is 65.6 Å². The zero-order valence-corrected chi connectivity index (χ0v) is 10.9. The molecule has 0 heterocycles. The van der Waals surface area contributed by atoms with Crippen molar-refractivity contribution in [1.82, 2.24) is 0 Å². The van der Waals surface area contributed by atoms with Gasteiger partial charge in [-0.3, -0.25) is 0 Å². The van der Waals surface area contributed by atoms with Crippen LogP contribution in [0.1, 0.15) is 0 Å². The fraction of sp³-hybridized carbons (Fsp3) is 0.143. The Bertz CT molecular complexity index is 431. The minimum absolute atomic E-state index is 0. The molecule has 0 radical (unpaired) electrons. The Morgan fingerprint density at radius 2 is 1.16 bits per heavy atom. The van der Waals surface area contributed by atoms with Crippen molar-refractivity contribution < 1.29 is 14.8 Å². The molecule has 19 heavy (non-hydrogen) atoms. The second-order valence-corrected chi connectivity index (χ2v) is 3.45. The third kappa shape index (κ3) is 6.07. The van der Waals surface area contributed by atoms with Gasteiger partial charge in [0.1, 0.15) is 4.91 Å². The molecule has 0 saturated heterocycles. The van der Waals surface area contributed by atoms with Gasteiger partial charge in [-0.1, -0.05) is 36.4 Å². The van der Waals surface area contributed by atoms with E-state index < -0.39 is 0 Å². The van der Waals surface area contributed by atoms with E-state index in [0.717, 1.165) is 11.4 Å². The standard InChI is InChI=1S/C12H11N.C2H6NO3/c1-3-7-11(8-4-1)13-12-9-5-2-6-10-12;1-5-3(4)6-2/h1-10,13H;1-2H3/q;+1. The second-order valence-electron chi connectivity index (χ2n) is 3.45. The van der Waals surface area contributed by atoms with Gasteiger partial charge >= 0.3 is 5.09 Å². The minimum Gasteiger partial charge on any atom is -0.356 e. The van der Waals surface area contributed by atoms with Crippen LogP contribution in [0.15, 0.2) is 60.7 Å². The molecule has 0 aliphatic rings. The van der Waals surface area contributed by atoms with Crippen LogP contribution in [0, 0.1) is 4.91 Å². The lowest BCUT2D eigenvalue weighted by molar-refractivity contribution is -0.972. The topological polar surface area (TPSA) is 50.6 Å². The predicted molar refractivity (Wildman–Crippen MR) is 73.8 cm³/mol. The molecule has 100 valence electrons. The van der Waals surface area contributed by atoms with Crippen molar-refractivity contribution >= 4 is 11.4 Å². The summed E-state index contributed by atoms with van der Waals surface area (Å²) in [5.74, 6) is 0. The van der Waals surface area contributed by atoms with Crippen molar-refractivity contribution in [2.24, 2.45) is 0 Å². The van der Waals surface area contributed by atoms with Gasteiger partial charge in [-0.2, -0.15) is 9.68 Å². The van der Waals surface area contributed by atoms with Crippen LogP contribution in [0.5, 0.6) is 0 Å². The van der Waals surface area contributed by atoms with E-state index in [1.807, 2.05) is 60.7 Å². The lowest BCUT2D eigenvalue weighted by Crippen LogP contribution is -2.02. The highest BCUT2D eigenvalue weighted by molar-refractivity contribution is 5.58. The van der Waals surface area contributed by atoms with Gasteiger partial charge in [-0.15, -0.1) is 0 Å². The normalized spacial score (nSPS) is 8.74. The first-order valence-corrected chi connectivity index (χ1v) is 5.69. The van der Waals surface area contributed by atoms with Crippen molar-refractivity contribution in [3.63, 3.8) is 0 Å². The summed E-state index contributed by atoms with van der Waals surface area (Å²) in [6.45, 7) is 0. The highest BCUT2D eigenvalue weighted by atomic mass is 17.0. The predicted octanol–water partition coefficient (Wildman–Crippen LogP) is 3.32. The molecule has 0 unspecified atom stereocenters. The molecule has 1 N–H and O–H groups in total. The first-order chi connectivity index (χ1) is 9.26. The summed E-state index contributed by atoms with van der Waals surface area (Å²) in [5, 5.41) is 3.30. The van der Waals surface area contributed by atoms with Crippen LogP contribution < -0.4 is 5.32 Å². The largest absolute Gasteiger partial charge is 0.476 e. The molecule has 0 atom stereocenters. The summed E-state index contributed by atoms with van der Waals surface area (Å²) in [4.78, 5) is 17.6. The summed E-state index contributed by atoms with van der Waals surface area (Å²) >= 11 is 0. The SMILES string of the molecule is CO[N+](=O)OC.c1ccc(Nc2ccccc2)cc1. The Kier molecular flexibility index (Phi) is 6.50.